The van der Waals surface area contributed by atoms with Crippen LogP contribution in [0.15, 0.2) is 65.6 Å². The first-order valence-corrected chi connectivity index (χ1v) is 16.8. The Balaban J connectivity index is 1.73. The van der Waals surface area contributed by atoms with E-state index in [1.165, 1.54) is 17.0 Å². The smallest absolute Gasteiger partial charge is 0.264 e. The Kier molecular flexibility index (Phi) is 11.0. The van der Waals surface area contributed by atoms with Crippen molar-refractivity contribution in [3.05, 3.63) is 92.4 Å². The largest absolute Gasteiger partial charge is 0.352 e. The maximum absolute atomic E-state index is 14.2. The van der Waals surface area contributed by atoms with Crippen LogP contribution < -0.4 is 9.62 Å². The molecule has 2 amide bonds. The van der Waals surface area contributed by atoms with Crippen molar-refractivity contribution in [1.82, 2.24) is 10.2 Å². The standard InChI is InChI=1S/C32H36Cl3N3O4S/c1-21-12-16-27(17-13-21)43(41,42)38(30-11-7-10-28(34)22(30)2)20-31(39)37(19-24-14-15-25(33)18-29(24)35)23(3)32(40)36-26-8-5-4-6-9-26/h7,10-18,23,26H,4-6,8-9,19-20H2,1-3H3,(H,36,40)/t23-/m0/s1. The third kappa shape index (κ3) is 8.04. The number of carbonyl (C=O) groups is 2. The van der Waals surface area contributed by atoms with Gasteiger partial charge >= 0.3 is 0 Å². The van der Waals surface area contributed by atoms with Crippen molar-refractivity contribution in [1.29, 1.82) is 0 Å². The summed E-state index contributed by atoms with van der Waals surface area (Å²) >= 11 is 19.0. The number of carbonyl (C=O) groups excluding carboxylic acids is 2. The highest BCUT2D eigenvalue weighted by Crippen LogP contribution is 2.32. The fourth-order valence-electron chi connectivity index (χ4n) is 5.20. The second-order valence-corrected chi connectivity index (χ2v) is 14.1. The number of halogens is 3. The Bertz CT molecular complexity index is 1580. The van der Waals surface area contributed by atoms with Crippen molar-refractivity contribution >= 4 is 62.3 Å². The minimum atomic E-state index is -4.21. The van der Waals surface area contributed by atoms with Gasteiger partial charge in [0.1, 0.15) is 12.6 Å². The topological polar surface area (TPSA) is 86.8 Å². The third-order valence-electron chi connectivity index (χ3n) is 7.87. The maximum atomic E-state index is 14.2. The molecule has 1 aliphatic rings. The minimum absolute atomic E-state index is 0.0267. The molecule has 0 radical (unpaired) electrons. The lowest BCUT2D eigenvalue weighted by Crippen LogP contribution is -2.53. The Morgan fingerprint density at radius 1 is 0.930 bits per heavy atom. The second-order valence-electron chi connectivity index (χ2n) is 11.0. The zero-order chi connectivity index (χ0) is 31.3. The average molecular weight is 665 g/mol. The molecule has 1 fully saturated rings. The van der Waals surface area contributed by atoms with Crippen LogP contribution in [-0.4, -0.2) is 43.8 Å². The van der Waals surface area contributed by atoms with Gasteiger partial charge in [-0.1, -0.05) is 83.9 Å². The van der Waals surface area contributed by atoms with Gasteiger partial charge in [-0.05, 0) is 81.1 Å². The van der Waals surface area contributed by atoms with Crippen molar-refractivity contribution < 1.29 is 18.0 Å². The van der Waals surface area contributed by atoms with Crippen LogP contribution in [0, 0.1) is 13.8 Å². The summed E-state index contributed by atoms with van der Waals surface area (Å²) in [6, 6.07) is 15.4. The van der Waals surface area contributed by atoms with Crippen LogP contribution in [0.25, 0.3) is 0 Å². The molecular weight excluding hydrogens is 629 g/mol. The summed E-state index contributed by atoms with van der Waals surface area (Å²) in [5, 5.41) is 4.22. The number of nitrogens with zero attached hydrogens (tertiary/aromatic N) is 2. The molecule has 0 aromatic heterocycles. The molecule has 0 unspecified atom stereocenters. The molecule has 1 aliphatic carbocycles. The van der Waals surface area contributed by atoms with Crippen LogP contribution in [0.3, 0.4) is 0 Å². The molecule has 0 saturated heterocycles. The first kappa shape index (κ1) is 33.1. The SMILES string of the molecule is Cc1ccc(S(=O)(=O)N(CC(=O)N(Cc2ccc(Cl)cc2Cl)[C@@H](C)C(=O)NC2CCCCC2)c2cccc(Cl)c2C)cc1. The maximum Gasteiger partial charge on any atom is 0.264 e. The van der Waals surface area contributed by atoms with E-state index >= 15 is 0 Å². The molecule has 1 saturated carbocycles. The molecule has 43 heavy (non-hydrogen) atoms. The van der Waals surface area contributed by atoms with E-state index in [1.807, 2.05) is 6.92 Å². The monoisotopic (exact) mass is 663 g/mol. The Labute approximate surface area is 269 Å². The van der Waals surface area contributed by atoms with Crippen molar-refractivity contribution in [3.63, 3.8) is 0 Å². The lowest BCUT2D eigenvalue weighted by Gasteiger charge is -2.33. The predicted octanol–water partition coefficient (Wildman–Crippen LogP) is 7.33. The van der Waals surface area contributed by atoms with Gasteiger partial charge in [0.2, 0.25) is 11.8 Å². The molecule has 0 heterocycles. The summed E-state index contributed by atoms with van der Waals surface area (Å²) in [6.07, 6.45) is 4.97. The van der Waals surface area contributed by atoms with Crippen LogP contribution in [0.2, 0.25) is 15.1 Å². The van der Waals surface area contributed by atoms with Gasteiger partial charge in [-0.2, -0.15) is 0 Å². The number of benzene rings is 3. The van der Waals surface area contributed by atoms with Gasteiger partial charge in [0.05, 0.1) is 10.6 Å². The highest BCUT2D eigenvalue weighted by molar-refractivity contribution is 7.92. The Morgan fingerprint density at radius 2 is 1.60 bits per heavy atom. The normalized spacial score (nSPS) is 14.7. The quantitative estimate of drug-likeness (QED) is 0.246. The number of sulfonamides is 1. The highest BCUT2D eigenvalue weighted by Gasteiger charge is 2.34. The van der Waals surface area contributed by atoms with Gasteiger partial charge in [-0.25, -0.2) is 8.42 Å². The Morgan fingerprint density at radius 3 is 2.26 bits per heavy atom. The number of amides is 2. The summed E-state index contributed by atoms with van der Waals surface area (Å²) in [5.74, 6) is -0.885. The molecule has 3 aromatic rings. The lowest BCUT2D eigenvalue weighted by molar-refractivity contribution is -0.139. The molecule has 230 valence electrons. The molecule has 3 aromatic carbocycles. The molecule has 0 aliphatic heterocycles. The first-order valence-electron chi connectivity index (χ1n) is 14.3. The van der Waals surface area contributed by atoms with Crippen LogP contribution in [-0.2, 0) is 26.2 Å². The summed E-state index contributed by atoms with van der Waals surface area (Å²) in [5.41, 5.74) is 2.24. The van der Waals surface area contributed by atoms with Crippen molar-refractivity contribution in [2.75, 3.05) is 10.8 Å². The summed E-state index contributed by atoms with van der Waals surface area (Å²) < 4.78 is 29.2. The molecule has 0 spiro atoms. The molecule has 7 nitrogen and oxygen atoms in total. The van der Waals surface area contributed by atoms with Crippen LogP contribution in [0.5, 0.6) is 0 Å². The summed E-state index contributed by atoms with van der Waals surface area (Å²) in [6.45, 7) is 4.61. The van der Waals surface area contributed by atoms with Crippen molar-refractivity contribution in [2.24, 2.45) is 0 Å². The van der Waals surface area contributed by atoms with Gasteiger partial charge < -0.3 is 10.2 Å². The number of hydrogen-bond acceptors (Lipinski definition) is 4. The molecular formula is C32H36Cl3N3O4S. The number of anilines is 1. The predicted molar refractivity (Wildman–Crippen MR) is 173 cm³/mol. The summed E-state index contributed by atoms with van der Waals surface area (Å²) in [4.78, 5) is 29.1. The first-order chi connectivity index (χ1) is 20.4. The molecule has 4 rings (SSSR count). The van der Waals surface area contributed by atoms with E-state index in [9.17, 15) is 18.0 Å². The highest BCUT2D eigenvalue weighted by atomic mass is 35.5. The van der Waals surface area contributed by atoms with E-state index in [0.29, 0.717) is 26.2 Å². The zero-order valence-electron chi connectivity index (χ0n) is 24.4. The van der Waals surface area contributed by atoms with Gasteiger partial charge in [-0.15, -0.1) is 0 Å². The van der Waals surface area contributed by atoms with Crippen molar-refractivity contribution in [3.8, 4) is 0 Å². The van der Waals surface area contributed by atoms with Crippen LogP contribution >= 0.6 is 34.8 Å². The van der Waals surface area contributed by atoms with Gasteiger partial charge in [0.15, 0.2) is 0 Å². The van der Waals surface area contributed by atoms with E-state index in [2.05, 4.69) is 5.32 Å². The molecule has 0 bridgehead atoms. The van der Waals surface area contributed by atoms with E-state index in [0.717, 1.165) is 42.0 Å². The number of nitrogens with one attached hydrogen (secondary N) is 1. The fourth-order valence-corrected chi connectivity index (χ4v) is 7.31. The zero-order valence-corrected chi connectivity index (χ0v) is 27.5. The lowest BCUT2D eigenvalue weighted by atomic mass is 9.95. The van der Waals surface area contributed by atoms with E-state index in [-0.39, 0.29) is 29.1 Å². The molecule has 1 atom stereocenters. The number of hydrogen-bond donors (Lipinski definition) is 1. The fraction of sp³-hybridized carbons (Fsp3) is 0.375. The van der Waals surface area contributed by atoms with E-state index in [4.69, 9.17) is 34.8 Å². The Hall–Kier alpha value is -2.78. The molecule has 1 N–H and O–H groups in total. The van der Waals surface area contributed by atoms with Gasteiger partial charge in [0, 0.05) is 27.7 Å². The van der Waals surface area contributed by atoms with Crippen LogP contribution in [0.4, 0.5) is 5.69 Å². The van der Waals surface area contributed by atoms with Crippen LogP contribution in [0.1, 0.15) is 55.7 Å². The van der Waals surface area contributed by atoms with Gasteiger partial charge in [0.25, 0.3) is 10.0 Å². The second kappa shape index (κ2) is 14.3. The average Bonchev–Trinajstić information content (AvgIpc) is 2.97. The van der Waals surface area contributed by atoms with Crippen molar-refractivity contribution in [2.45, 2.75) is 76.4 Å². The number of rotatable bonds is 10. The molecule has 11 heteroatoms. The van der Waals surface area contributed by atoms with Gasteiger partial charge in [-0.3, -0.25) is 13.9 Å². The summed E-state index contributed by atoms with van der Waals surface area (Å²) in [7, 11) is -4.21. The third-order valence-corrected chi connectivity index (χ3v) is 10.6. The number of aryl methyl sites for hydroxylation is 1. The van der Waals surface area contributed by atoms with E-state index < -0.39 is 28.5 Å². The minimum Gasteiger partial charge on any atom is -0.352 e. The van der Waals surface area contributed by atoms with E-state index in [1.54, 1.807) is 62.4 Å².